The van der Waals surface area contributed by atoms with Gasteiger partial charge in [-0.05, 0) is 36.8 Å². The van der Waals surface area contributed by atoms with E-state index < -0.39 is 46.0 Å². The van der Waals surface area contributed by atoms with E-state index >= 15 is 0 Å². The predicted molar refractivity (Wildman–Crippen MR) is 125 cm³/mol. The minimum atomic E-state index is -5.08. The number of hydrogen-bond donors (Lipinski definition) is 3. The van der Waals surface area contributed by atoms with Gasteiger partial charge in [-0.2, -0.15) is 17.5 Å². The summed E-state index contributed by atoms with van der Waals surface area (Å²) in [7, 11) is -4.02. The average Bonchev–Trinajstić information content (AvgIpc) is 2.87. The van der Waals surface area contributed by atoms with Crippen molar-refractivity contribution in [2.45, 2.75) is 29.6 Å². The summed E-state index contributed by atoms with van der Waals surface area (Å²) < 4.78 is 68.2. The standard InChI is InChI=1S/C22H22F3N7O5S/c1-2-3-17-13-31(38(36,37)18-8-9-19(27-12-18)29-20(33)34)10-11-32(17)16-6-4-15(5-7-16)21(35,14-28-30-26)22(23,24)25/h4-9,12,17,26,35H,10-11,13-14H2,1H3,(H-,27,29,33,34)/t17-,21?/m0/s1. The second kappa shape index (κ2) is 11.2. The van der Waals surface area contributed by atoms with Crippen LogP contribution in [0.2, 0.25) is 0 Å². The van der Waals surface area contributed by atoms with Crippen LogP contribution in [0, 0.1) is 17.4 Å². The Hall–Kier alpha value is -4.03. The molecule has 3 rings (SSSR count). The van der Waals surface area contributed by atoms with Crippen LogP contribution in [0.1, 0.15) is 12.5 Å². The lowest BCUT2D eigenvalue weighted by molar-refractivity contribution is -0.262. The number of rotatable bonds is 7. The molecule has 0 bridgehead atoms. The molecule has 3 N–H and O–H groups in total. The molecule has 202 valence electrons. The molecule has 12 nitrogen and oxygen atoms in total. The van der Waals surface area contributed by atoms with Gasteiger partial charge in [0.15, 0.2) is 6.54 Å². The van der Waals surface area contributed by atoms with Crippen LogP contribution in [0.25, 0.3) is 0 Å². The van der Waals surface area contributed by atoms with Crippen LogP contribution in [0.3, 0.4) is 0 Å². The number of carbonyl (C=O) groups is 1. The zero-order valence-electron chi connectivity index (χ0n) is 19.8. The van der Waals surface area contributed by atoms with E-state index in [-0.39, 0.29) is 30.3 Å². The average molecular weight is 554 g/mol. The van der Waals surface area contributed by atoms with Crippen LogP contribution in [0.15, 0.2) is 52.6 Å². The minimum absolute atomic E-state index is 0.0153. The normalized spacial score (nSPS) is 17.9. The third-order valence-electron chi connectivity index (χ3n) is 5.77. The summed E-state index contributed by atoms with van der Waals surface area (Å²) in [5, 5.41) is 25.8. The van der Waals surface area contributed by atoms with Gasteiger partial charge in [0.05, 0.1) is 0 Å². The Kier molecular flexibility index (Phi) is 8.38. The number of carbonyl (C=O) groups excluding carboxylic acids is 1. The predicted octanol–water partition coefficient (Wildman–Crippen LogP) is 1.04. The molecule has 2 atom stereocenters. The third kappa shape index (κ3) is 5.92. The van der Waals surface area contributed by atoms with Crippen molar-refractivity contribution in [2.24, 2.45) is 5.11 Å². The van der Waals surface area contributed by atoms with Crippen molar-refractivity contribution in [1.29, 1.82) is 5.53 Å². The van der Waals surface area contributed by atoms with Crippen LogP contribution >= 0.6 is 0 Å². The fourth-order valence-electron chi connectivity index (χ4n) is 3.85. The van der Waals surface area contributed by atoms with Crippen molar-refractivity contribution in [1.82, 2.24) is 14.2 Å². The van der Waals surface area contributed by atoms with Gasteiger partial charge >= 0.3 is 6.18 Å². The second-order valence-corrected chi connectivity index (χ2v) is 10.0. The van der Waals surface area contributed by atoms with Crippen LogP contribution in [-0.4, -0.2) is 67.3 Å². The topological polar surface area (TPSA) is 176 Å². The van der Waals surface area contributed by atoms with Crippen molar-refractivity contribution >= 4 is 27.6 Å². The summed E-state index contributed by atoms with van der Waals surface area (Å²) in [6, 6.07) is 6.58. The number of halogens is 3. The van der Waals surface area contributed by atoms with Gasteiger partial charge in [0.2, 0.25) is 20.5 Å². The first-order chi connectivity index (χ1) is 17.8. The van der Waals surface area contributed by atoms with Gasteiger partial charge in [0.25, 0.3) is 0 Å². The molecule has 2 heterocycles. The van der Waals surface area contributed by atoms with Crippen LogP contribution in [0.4, 0.5) is 29.5 Å². The molecule has 2 aromatic rings. The molecule has 0 aliphatic carbocycles. The maximum absolute atomic E-state index is 13.6. The fraction of sp³-hybridized carbons (Fsp3) is 0.364. The Morgan fingerprint density at radius 1 is 1.29 bits per heavy atom. The minimum Gasteiger partial charge on any atom is -0.530 e. The van der Waals surface area contributed by atoms with Crippen LogP contribution < -0.4 is 20.2 Å². The smallest absolute Gasteiger partial charge is 0.423 e. The molecular formula is C22H22F3N7O5S. The van der Waals surface area contributed by atoms with Gasteiger partial charge in [0, 0.05) is 31.5 Å². The van der Waals surface area contributed by atoms with Gasteiger partial charge < -0.3 is 25.2 Å². The molecule has 1 aromatic heterocycles. The molecule has 38 heavy (non-hydrogen) atoms. The van der Waals surface area contributed by atoms with E-state index in [1.807, 2.05) is 5.32 Å². The first kappa shape index (κ1) is 28.5. The maximum Gasteiger partial charge on any atom is 0.423 e. The van der Waals surface area contributed by atoms with Crippen molar-refractivity contribution < 1.29 is 36.6 Å². The van der Waals surface area contributed by atoms with Crippen molar-refractivity contribution in [3.8, 4) is 11.8 Å². The zero-order chi connectivity index (χ0) is 28.1. The summed E-state index contributed by atoms with van der Waals surface area (Å²) >= 11 is 0. The third-order valence-corrected chi connectivity index (χ3v) is 7.62. The van der Waals surface area contributed by atoms with Gasteiger partial charge in [-0.3, -0.25) is 0 Å². The van der Waals surface area contributed by atoms with E-state index in [1.165, 1.54) is 28.6 Å². The van der Waals surface area contributed by atoms with Crippen molar-refractivity contribution in [2.75, 3.05) is 36.4 Å². The Labute approximate surface area is 215 Å². The van der Waals surface area contributed by atoms with E-state index in [2.05, 4.69) is 26.9 Å². The number of nitrogens with zero attached hydrogens (tertiary/aromatic N) is 5. The number of anilines is 2. The molecule has 1 amide bonds. The number of piperazine rings is 1. The molecule has 1 unspecified atom stereocenters. The molecule has 1 aliphatic rings. The molecule has 0 spiro atoms. The van der Waals surface area contributed by atoms with Crippen LogP contribution in [0.5, 0.6) is 0 Å². The monoisotopic (exact) mass is 553 g/mol. The number of hydrogen-bond acceptors (Lipinski definition) is 9. The van der Waals surface area contributed by atoms with Crippen molar-refractivity contribution in [3.63, 3.8) is 0 Å². The summed E-state index contributed by atoms with van der Waals surface area (Å²) in [6.07, 6.45) is -5.67. The van der Waals surface area contributed by atoms with E-state index in [4.69, 9.17) is 5.53 Å². The number of benzene rings is 1. The Morgan fingerprint density at radius 3 is 2.50 bits per heavy atom. The highest BCUT2D eigenvalue weighted by molar-refractivity contribution is 7.89. The van der Waals surface area contributed by atoms with Gasteiger partial charge in [0.1, 0.15) is 33.5 Å². The number of alkyl halides is 3. The zero-order valence-corrected chi connectivity index (χ0v) is 20.6. The maximum atomic E-state index is 13.6. The summed E-state index contributed by atoms with van der Waals surface area (Å²) in [6.45, 7) is 0.471. The molecule has 1 aromatic carbocycles. The molecule has 1 saturated heterocycles. The summed E-state index contributed by atoms with van der Waals surface area (Å²) in [4.78, 5) is 18.5. The Morgan fingerprint density at radius 2 is 1.97 bits per heavy atom. The number of aliphatic hydroxyl groups is 1. The second-order valence-electron chi connectivity index (χ2n) is 8.06. The highest BCUT2D eigenvalue weighted by Crippen LogP contribution is 2.40. The number of aromatic nitrogens is 1. The number of sulfonamides is 1. The van der Waals surface area contributed by atoms with Gasteiger partial charge in [-0.15, -0.1) is 5.92 Å². The number of pyridine rings is 1. The highest BCUT2D eigenvalue weighted by Gasteiger charge is 2.56. The molecule has 0 radical (unpaired) electrons. The van der Waals surface area contributed by atoms with E-state index in [0.717, 1.165) is 18.3 Å². The quantitative estimate of drug-likeness (QED) is 0.261. The lowest BCUT2D eigenvalue weighted by Crippen LogP contribution is -2.54. The largest absolute Gasteiger partial charge is 0.530 e. The first-order valence-electron chi connectivity index (χ1n) is 10.9. The first-order valence-corrected chi connectivity index (χ1v) is 12.3. The van der Waals surface area contributed by atoms with E-state index in [9.17, 15) is 36.6 Å². The molecule has 1 aliphatic heterocycles. The van der Waals surface area contributed by atoms with Gasteiger partial charge in [-0.1, -0.05) is 18.1 Å². The molecular weight excluding hydrogens is 531 g/mol. The van der Waals surface area contributed by atoms with E-state index in [1.54, 1.807) is 11.8 Å². The molecule has 1 fully saturated rings. The van der Waals surface area contributed by atoms with Crippen molar-refractivity contribution in [3.05, 3.63) is 48.2 Å². The van der Waals surface area contributed by atoms with Crippen LogP contribution in [-0.2, 0) is 15.6 Å². The number of carboxylic acid groups (broad SMARTS) is 1. The van der Waals surface area contributed by atoms with E-state index in [0.29, 0.717) is 5.69 Å². The lowest BCUT2D eigenvalue weighted by atomic mass is 9.92. The summed E-state index contributed by atoms with van der Waals surface area (Å²) in [5.74, 6) is 5.53. The Bertz CT molecular complexity index is 1390. The fourth-order valence-corrected chi connectivity index (χ4v) is 5.23. The van der Waals surface area contributed by atoms with Gasteiger partial charge in [-0.25, -0.2) is 13.4 Å². The summed E-state index contributed by atoms with van der Waals surface area (Å²) in [5.41, 5.74) is 3.22. The molecule has 16 heteroatoms. The number of nitrogens with one attached hydrogen (secondary N) is 2. The SMILES string of the molecule is CC#C[C@H]1CN(S(=O)(=O)c2ccc(NC(=O)[O-])nc2)CCN1c1ccc(C(O)(CN=[N+]=N)C(F)(F)F)cc1. The highest BCUT2D eigenvalue weighted by atomic mass is 32.2. The molecule has 0 saturated carbocycles. The number of amides is 1. The lowest BCUT2D eigenvalue weighted by Gasteiger charge is -2.40. The Balaban J connectivity index is 1.84.